The number of amides is 2. The molecule has 2 aromatic rings. The lowest BCUT2D eigenvalue weighted by Crippen LogP contribution is -2.47. The molecule has 34 heavy (non-hydrogen) atoms. The van der Waals surface area contributed by atoms with E-state index < -0.39 is 0 Å². The molecule has 1 atom stereocenters. The summed E-state index contributed by atoms with van der Waals surface area (Å²) in [5.74, 6) is 0.398. The monoisotopic (exact) mass is 500 g/mol. The van der Waals surface area contributed by atoms with Gasteiger partial charge >= 0.3 is 6.03 Å². The Kier molecular flexibility index (Phi) is 8.33. The van der Waals surface area contributed by atoms with Crippen molar-refractivity contribution in [2.45, 2.75) is 50.2 Å². The molecule has 2 aromatic carbocycles. The zero-order valence-electron chi connectivity index (χ0n) is 19.1. The third kappa shape index (κ3) is 6.43. The van der Waals surface area contributed by atoms with Gasteiger partial charge in [-0.1, -0.05) is 35.3 Å². The van der Waals surface area contributed by atoms with Crippen molar-refractivity contribution in [3.8, 4) is 6.07 Å². The first kappa shape index (κ1) is 24.8. The molecule has 4 rings (SSSR count). The zero-order valence-corrected chi connectivity index (χ0v) is 20.6. The van der Waals surface area contributed by atoms with Gasteiger partial charge in [0.1, 0.15) is 0 Å². The highest BCUT2D eigenvalue weighted by atomic mass is 35.5. The molecule has 1 heterocycles. The van der Waals surface area contributed by atoms with E-state index in [9.17, 15) is 15.2 Å². The van der Waals surface area contributed by atoms with Crippen LogP contribution in [0.5, 0.6) is 0 Å². The van der Waals surface area contributed by atoms with Crippen LogP contribution >= 0.6 is 23.2 Å². The van der Waals surface area contributed by atoms with E-state index in [1.165, 1.54) is 5.56 Å². The van der Waals surface area contributed by atoms with Crippen LogP contribution in [0.15, 0.2) is 42.5 Å². The third-order valence-electron chi connectivity index (χ3n) is 6.90. The number of hydrogen-bond acceptors (Lipinski definition) is 4. The van der Waals surface area contributed by atoms with Crippen molar-refractivity contribution in [1.29, 1.82) is 5.26 Å². The van der Waals surface area contributed by atoms with Crippen molar-refractivity contribution in [3.63, 3.8) is 0 Å². The quantitative estimate of drug-likeness (QED) is 0.549. The highest BCUT2D eigenvalue weighted by Gasteiger charge is 2.31. The maximum absolute atomic E-state index is 13.4. The average molecular weight is 501 g/mol. The zero-order chi connectivity index (χ0) is 24.1. The van der Waals surface area contributed by atoms with E-state index >= 15 is 0 Å². The predicted molar refractivity (Wildman–Crippen MR) is 135 cm³/mol. The molecule has 1 saturated heterocycles. The topological polar surface area (TPSA) is 79.6 Å². The Balaban J connectivity index is 1.43. The fourth-order valence-electron chi connectivity index (χ4n) is 5.12. The molecule has 2 amide bonds. The number of carbonyl (C=O) groups excluding carboxylic acids is 1. The molecular weight excluding hydrogens is 471 g/mol. The number of rotatable bonds is 6. The summed E-state index contributed by atoms with van der Waals surface area (Å²) in [7, 11) is 0. The maximum Gasteiger partial charge on any atom is 0.322 e. The second kappa shape index (κ2) is 11.4. The Morgan fingerprint density at radius 3 is 2.50 bits per heavy atom. The minimum Gasteiger partial charge on any atom is -0.392 e. The number of benzene rings is 2. The summed E-state index contributed by atoms with van der Waals surface area (Å²) < 4.78 is 0. The lowest BCUT2D eigenvalue weighted by Gasteiger charge is -2.38. The van der Waals surface area contributed by atoms with Crippen molar-refractivity contribution in [3.05, 3.63) is 63.6 Å². The number of anilines is 1. The highest BCUT2D eigenvalue weighted by Crippen LogP contribution is 2.35. The summed E-state index contributed by atoms with van der Waals surface area (Å²) >= 11 is 12.2. The van der Waals surface area contributed by atoms with E-state index in [0.717, 1.165) is 45.2 Å². The van der Waals surface area contributed by atoms with Gasteiger partial charge < -0.3 is 15.3 Å². The molecule has 1 aliphatic heterocycles. The van der Waals surface area contributed by atoms with Gasteiger partial charge in [-0.25, -0.2) is 4.79 Å². The fourth-order valence-corrected chi connectivity index (χ4v) is 5.64. The van der Waals surface area contributed by atoms with Crippen LogP contribution < -0.4 is 5.32 Å². The number of nitrogens with zero attached hydrogens (tertiary/aromatic N) is 3. The largest absolute Gasteiger partial charge is 0.392 e. The number of likely N-dealkylation sites (tertiary alicyclic amines) is 1. The molecule has 0 radical (unpaired) electrons. The summed E-state index contributed by atoms with van der Waals surface area (Å²) in [4.78, 5) is 17.5. The lowest BCUT2D eigenvalue weighted by atomic mass is 9.81. The Morgan fingerprint density at radius 1 is 1.12 bits per heavy atom. The molecule has 1 aliphatic carbocycles. The van der Waals surface area contributed by atoms with Gasteiger partial charge in [0.25, 0.3) is 0 Å². The molecule has 180 valence electrons. The van der Waals surface area contributed by atoms with Gasteiger partial charge in [-0.2, -0.15) is 5.26 Å². The van der Waals surface area contributed by atoms with Gasteiger partial charge in [0.05, 0.1) is 17.7 Å². The summed E-state index contributed by atoms with van der Waals surface area (Å²) in [5.41, 5.74) is 2.47. The van der Waals surface area contributed by atoms with Gasteiger partial charge in [0.2, 0.25) is 0 Å². The number of carbonyl (C=O) groups is 1. The first-order chi connectivity index (χ1) is 16.4. The Hall–Kier alpha value is -2.30. The second-order valence-corrected chi connectivity index (χ2v) is 10.1. The lowest BCUT2D eigenvalue weighted by molar-refractivity contribution is 0.143. The molecule has 0 unspecified atom stereocenters. The molecule has 2 aliphatic rings. The predicted octanol–water partition coefficient (Wildman–Crippen LogP) is 5.49. The molecule has 8 heteroatoms. The fraction of sp³-hybridized carbons (Fsp3) is 0.462. The van der Waals surface area contributed by atoms with Crippen LogP contribution in [0, 0.1) is 11.3 Å². The van der Waals surface area contributed by atoms with Gasteiger partial charge in [-0.3, -0.25) is 4.90 Å². The third-order valence-corrected chi connectivity index (χ3v) is 7.34. The molecule has 2 N–H and O–H groups in total. The molecule has 0 aromatic heterocycles. The second-order valence-electron chi connectivity index (χ2n) is 9.27. The molecule has 0 bridgehead atoms. The molecule has 1 saturated carbocycles. The molecular formula is C26H30Cl2N4O2. The van der Waals surface area contributed by atoms with Crippen molar-refractivity contribution < 1.29 is 9.90 Å². The van der Waals surface area contributed by atoms with Crippen LogP contribution in [0.1, 0.15) is 49.1 Å². The SMILES string of the molecule is N#Cc1cccc(C2CCC(N(CCN3CC[C@@H](O)C3)C(=O)Nc3cc(Cl)cc(Cl)c3)CC2)c1. The smallest absolute Gasteiger partial charge is 0.322 e. The molecule has 2 fully saturated rings. The van der Waals surface area contributed by atoms with Gasteiger partial charge in [0.15, 0.2) is 0 Å². The number of hydrogen-bond donors (Lipinski definition) is 2. The number of aliphatic hydroxyl groups is 1. The Labute approximate surface area is 211 Å². The summed E-state index contributed by atoms with van der Waals surface area (Å²) in [6.07, 6.45) is 4.22. The first-order valence-electron chi connectivity index (χ1n) is 11.9. The van der Waals surface area contributed by atoms with Crippen LogP contribution in [0.4, 0.5) is 10.5 Å². The van der Waals surface area contributed by atoms with E-state index in [0.29, 0.717) is 40.3 Å². The van der Waals surface area contributed by atoms with E-state index in [-0.39, 0.29) is 18.2 Å². The van der Waals surface area contributed by atoms with Gasteiger partial charge in [0, 0.05) is 48.0 Å². The number of aliphatic hydroxyl groups excluding tert-OH is 1. The van der Waals surface area contributed by atoms with Crippen molar-refractivity contribution in [2.24, 2.45) is 0 Å². The highest BCUT2D eigenvalue weighted by molar-refractivity contribution is 6.35. The summed E-state index contributed by atoms with van der Waals surface area (Å²) in [6.45, 7) is 2.82. The van der Waals surface area contributed by atoms with Gasteiger partial charge in [-0.05, 0) is 73.9 Å². The maximum atomic E-state index is 13.4. The van der Waals surface area contributed by atoms with E-state index in [4.69, 9.17) is 23.2 Å². The minimum atomic E-state index is -0.282. The number of β-amino-alcohol motifs (C(OH)–C–C–N with tert-alkyl or cyclic N) is 1. The van der Waals surface area contributed by atoms with Crippen LogP contribution in [0.3, 0.4) is 0 Å². The normalized spacial score (nSPS) is 22.8. The van der Waals surface area contributed by atoms with E-state index in [2.05, 4.69) is 22.4 Å². The Morgan fingerprint density at radius 2 is 1.85 bits per heavy atom. The molecule has 6 nitrogen and oxygen atoms in total. The van der Waals surface area contributed by atoms with Gasteiger partial charge in [-0.15, -0.1) is 0 Å². The molecule has 0 spiro atoms. The van der Waals surface area contributed by atoms with E-state index in [1.807, 2.05) is 23.1 Å². The van der Waals surface area contributed by atoms with Crippen LogP contribution in [0.2, 0.25) is 10.0 Å². The van der Waals surface area contributed by atoms with Crippen molar-refractivity contribution in [1.82, 2.24) is 9.80 Å². The minimum absolute atomic E-state index is 0.123. The number of nitriles is 1. The van der Waals surface area contributed by atoms with Crippen LogP contribution in [-0.4, -0.2) is 59.3 Å². The Bertz CT molecular complexity index is 1030. The number of urea groups is 1. The van der Waals surface area contributed by atoms with Crippen molar-refractivity contribution >= 4 is 34.9 Å². The van der Waals surface area contributed by atoms with Crippen molar-refractivity contribution in [2.75, 3.05) is 31.5 Å². The summed E-state index contributed by atoms with van der Waals surface area (Å²) in [5, 5.41) is 23.0. The number of halogens is 2. The van der Waals surface area contributed by atoms with Crippen LogP contribution in [0.25, 0.3) is 0 Å². The first-order valence-corrected chi connectivity index (χ1v) is 12.6. The standard InChI is InChI=1S/C26H30Cl2N4O2/c27-21-13-22(28)15-23(14-21)30-26(34)32(11-10-31-9-8-25(33)17-31)24-6-4-19(5-7-24)20-3-1-2-18(12-20)16-29/h1-3,12-15,19,24-25,33H,4-11,17H2,(H,30,34)/t19?,24?,25-/m1/s1. The van der Waals surface area contributed by atoms with Crippen LogP contribution in [-0.2, 0) is 0 Å². The number of nitrogens with one attached hydrogen (secondary N) is 1. The average Bonchev–Trinajstić information content (AvgIpc) is 3.24. The summed E-state index contributed by atoms with van der Waals surface area (Å²) in [6, 6.07) is 15.1. The van der Waals surface area contributed by atoms with E-state index in [1.54, 1.807) is 18.2 Å².